The number of hydrogen-bond acceptors (Lipinski definition) is 6. The lowest BCUT2D eigenvalue weighted by molar-refractivity contribution is 0.0691. The predicted octanol–water partition coefficient (Wildman–Crippen LogP) is 4.64. The van der Waals surface area contributed by atoms with Gasteiger partial charge in [-0.2, -0.15) is 5.10 Å². The topological polar surface area (TPSA) is 109 Å². The van der Waals surface area contributed by atoms with E-state index in [2.05, 4.69) is 25.4 Å². The van der Waals surface area contributed by atoms with E-state index in [1.807, 2.05) is 24.0 Å². The number of halogens is 3. The number of likely N-dealkylation sites (tertiary alicyclic amines) is 1. The minimum Gasteiger partial charge on any atom is -0.352 e. The zero-order valence-corrected chi connectivity index (χ0v) is 21.7. The van der Waals surface area contributed by atoms with Crippen molar-refractivity contribution < 1.29 is 4.79 Å². The van der Waals surface area contributed by atoms with Crippen LogP contribution >= 0.6 is 35.6 Å². The molecule has 3 aromatic heterocycles. The summed E-state index contributed by atoms with van der Waals surface area (Å²) in [7, 11) is 0. The molecular formula is C24H24Cl3N7O2. The minimum atomic E-state index is -0.270. The van der Waals surface area contributed by atoms with Gasteiger partial charge in [0.15, 0.2) is 5.52 Å². The van der Waals surface area contributed by atoms with E-state index >= 15 is 0 Å². The largest absolute Gasteiger partial charge is 0.352 e. The smallest absolute Gasteiger partial charge is 0.278 e. The molecule has 0 spiro atoms. The van der Waals surface area contributed by atoms with E-state index in [9.17, 15) is 9.59 Å². The summed E-state index contributed by atoms with van der Waals surface area (Å²) in [4.78, 5) is 39.0. The fourth-order valence-electron chi connectivity index (χ4n) is 4.33. The Labute approximate surface area is 223 Å². The van der Waals surface area contributed by atoms with Crippen LogP contribution in [-0.2, 0) is 6.54 Å². The Morgan fingerprint density at radius 1 is 1.14 bits per heavy atom. The molecule has 4 aromatic rings. The highest BCUT2D eigenvalue weighted by Gasteiger charge is 2.27. The molecular weight excluding hydrogens is 525 g/mol. The van der Waals surface area contributed by atoms with Gasteiger partial charge in [0.25, 0.3) is 11.5 Å². The molecule has 5 rings (SSSR count). The molecule has 36 heavy (non-hydrogen) atoms. The van der Waals surface area contributed by atoms with Crippen molar-refractivity contribution in [3.8, 4) is 0 Å². The summed E-state index contributed by atoms with van der Waals surface area (Å²) in [5.74, 6) is 0.322. The maximum atomic E-state index is 12.9. The molecule has 1 fully saturated rings. The number of nitrogens with zero attached hydrogens (tertiary/aromatic N) is 5. The van der Waals surface area contributed by atoms with Gasteiger partial charge in [-0.1, -0.05) is 29.3 Å². The molecule has 0 saturated carbocycles. The Morgan fingerprint density at radius 3 is 2.64 bits per heavy atom. The van der Waals surface area contributed by atoms with E-state index in [1.165, 1.54) is 0 Å². The summed E-state index contributed by atoms with van der Waals surface area (Å²) in [6.45, 7) is 3.49. The van der Waals surface area contributed by atoms with Gasteiger partial charge in [-0.05, 0) is 49.1 Å². The molecule has 1 amide bonds. The van der Waals surface area contributed by atoms with Crippen LogP contribution in [0.2, 0.25) is 10.0 Å². The average molecular weight is 549 g/mol. The number of hydrogen-bond donors (Lipinski definition) is 2. The first-order chi connectivity index (χ1) is 16.9. The number of carbonyl (C=O) groups is 1. The predicted molar refractivity (Wildman–Crippen MR) is 142 cm³/mol. The number of amides is 1. The van der Waals surface area contributed by atoms with Gasteiger partial charge in [0.2, 0.25) is 5.95 Å². The van der Waals surface area contributed by atoms with Crippen molar-refractivity contribution in [2.24, 2.45) is 0 Å². The van der Waals surface area contributed by atoms with Crippen LogP contribution in [-0.4, -0.2) is 48.6 Å². The summed E-state index contributed by atoms with van der Waals surface area (Å²) in [5.41, 5.74) is 3.11. The Kier molecular flexibility index (Phi) is 7.82. The van der Waals surface area contributed by atoms with E-state index in [1.54, 1.807) is 35.4 Å². The number of carbonyl (C=O) groups excluding carboxylic acids is 1. The quantitative estimate of drug-likeness (QED) is 0.376. The Morgan fingerprint density at radius 2 is 1.92 bits per heavy atom. The van der Waals surface area contributed by atoms with Crippen molar-refractivity contribution in [1.82, 2.24) is 29.6 Å². The van der Waals surface area contributed by atoms with Crippen LogP contribution in [0.25, 0.3) is 11.0 Å². The monoisotopic (exact) mass is 547 g/mol. The standard InChI is InChI=1S/C24H23Cl2N7O2.ClH/c1-14-8-16(12-27-10-14)23(35)32-6-4-17(5-7-32)33-21-20(13-29-33)30-24(31-22(21)34)28-11-15-2-3-18(25)19(26)9-15;/h2-3,8-10,12-13,17H,4-7,11H2,1H3,(H2,28,30,31,34);1H. The van der Waals surface area contributed by atoms with E-state index in [4.69, 9.17) is 23.2 Å². The molecule has 4 heterocycles. The lowest BCUT2D eigenvalue weighted by Gasteiger charge is -2.32. The summed E-state index contributed by atoms with van der Waals surface area (Å²) in [6.07, 6.45) is 6.31. The second-order valence-corrected chi connectivity index (χ2v) is 9.43. The normalized spacial score (nSPS) is 14.0. The number of rotatable bonds is 5. The van der Waals surface area contributed by atoms with Crippen molar-refractivity contribution in [1.29, 1.82) is 0 Å². The van der Waals surface area contributed by atoms with Gasteiger partial charge >= 0.3 is 0 Å². The van der Waals surface area contributed by atoms with Gasteiger partial charge in [-0.3, -0.25) is 24.2 Å². The molecule has 9 nitrogen and oxygen atoms in total. The lowest BCUT2D eigenvalue weighted by Crippen LogP contribution is -2.39. The fourth-order valence-corrected chi connectivity index (χ4v) is 4.66. The van der Waals surface area contributed by atoms with E-state index in [0.29, 0.717) is 65.1 Å². The van der Waals surface area contributed by atoms with Crippen LogP contribution in [0.3, 0.4) is 0 Å². The molecule has 0 bridgehead atoms. The van der Waals surface area contributed by atoms with Crippen LogP contribution in [0.1, 0.15) is 40.4 Å². The summed E-state index contributed by atoms with van der Waals surface area (Å²) < 4.78 is 1.74. The molecule has 0 unspecified atom stereocenters. The highest BCUT2D eigenvalue weighted by atomic mass is 35.5. The number of benzene rings is 1. The van der Waals surface area contributed by atoms with Crippen LogP contribution in [0.15, 0.2) is 47.7 Å². The Hall–Kier alpha value is -3.14. The summed E-state index contributed by atoms with van der Waals surface area (Å²) in [6, 6.07) is 7.19. The zero-order valence-electron chi connectivity index (χ0n) is 19.4. The van der Waals surface area contributed by atoms with Crippen LogP contribution in [0, 0.1) is 6.92 Å². The zero-order chi connectivity index (χ0) is 24.5. The molecule has 1 aromatic carbocycles. The Bertz CT molecular complexity index is 1460. The minimum absolute atomic E-state index is 0. The molecule has 1 saturated heterocycles. The molecule has 1 aliphatic heterocycles. The summed E-state index contributed by atoms with van der Waals surface area (Å²) in [5, 5.41) is 8.52. The van der Waals surface area contributed by atoms with Crippen molar-refractivity contribution >= 4 is 58.5 Å². The number of anilines is 1. The number of aromatic nitrogens is 5. The van der Waals surface area contributed by atoms with E-state index in [-0.39, 0.29) is 29.9 Å². The average Bonchev–Trinajstić information content (AvgIpc) is 3.29. The number of piperidine rings is 1. The maximum Gasteiger partial charge on any atom is 0.278 e. The van der Waals surface area contributed by atoms with Crippen LogP contribution in [0.4, 0.5) is 5.95 Å². The third-order valence-electron chi connectivity index (χ3n) is 6.12. The van der Waals surface area contributed by atoms with Crippen LogP contribution < -0.4 is 10.9 Å². The van der Waals surface area contributed by atoms with Gasteiger partial charge < -0.3 is 10.2 Å². The van der Waals surface area contributed by atoms with Crippen molar-refractivity contribution in [3.63, 3.8) is 0 Å². The Balaban J connectivity index is 0.00000304. The van der Waals surface area contributed by atoms with Crippen molar-refractivity contribution in [2.45, 2.75) is 32.4 Å². The first kappa shape index (κ1) is 25.9. The number of aryl methyl sites for hydroxylation is 1. The third kappa shape index (κ3) is 5.33. The molecule has 0 aliphatic carbocycles. The fraction of sp³-hybridized carbons (Fsp3) is 0.292. The molecule has 12 heteroatoms. The number of nitrogens with one attached hydrogen (secondary N) is 2. The molecule has 1 aliphatic rings. The van der Waals surface area contributed by atoms with Gasteiger partial charge in [-0.15, -0.1) is 12.4 Å². The second-order valence-electron chi connectivity index (χ2n) is 8.61. The number of aromatic amines is 1. The third-order valence-corrected chi connectivity index (χ3v) is 6.86. The van der Waals surface area contributed by atoms with Crippen LogP contribution in [0.5, 0.6) is 0 Å². The van der Waals surface area contributed by atoms with Gasteiger partial charge in [0, 0.05) is 32.0 Å². The molecule has 2 N–H and O–H groups in total. The lowest BCUT2D eigenvalue weighted by atomic mass is 10.0. The van der Waals surface area contributed by atoms with E-state index < -0.39 is 0 Å². The number of fused-ring (bicyclic) bond motifs is 1. The number of pyridine rings is 1. The second kappa shape index (κ2) is 10.9. The molecule has 0 atom stereocenters. The van der Waals surface area contributed by atoms with Crippen molar-refractivity contribution in [3.05, 3.63) is 79.9 Å². The number of H-pyrrole nitrogens is 1. The van der Waals surface area contributed by atoms with Gasteiger partial charge in [0.05, 0.1) is 27.8 Å². The highest BCUT2D eigenvalue weighted by molar-refractivity contribution is 6.42. The van der Waals surface area contributed by atoms with E-state index in [0.717, 1.165) is 11.1 Å². The first-order valence-electron chi connectivity index (χ1n) is 11.3. The van der Waals surface area contributed by atoms with Gasteiger partial charge in [0.1, 0.15) is 5.52 Å². The highest BCUT2D eigenvalue weighted by Crippen LogP contribution is 2.26. The van der Waals surface area contributed by atoms with Crippen molar-refractivity contribution in [2.75, 3.05) is 18.4 Å². The SMILES string of the molecule is Cc1cncc(C(=O)N2CCC(n3ncc4nc(NCc5ccc(Cl)c(Cl)c5)[nH]c(=O)c43)CC2)c1.Cl. The molecule has 0 radical (unpaired) electrons. The molecule has 188 valence electrons. The maximum absolute atomic E-state index is 12.9. The summed E-state index contributed by atoms with van der Waals surface area (Å²) >= 11 is 12.0. The first-order valence-corrected chi connectivity index (χ1v) is 12.0. The van der Waals surface area contributed by atoms with Gasteiger partial charge in [-0.25, -0.2) is 4.98 Å².